The summed E-state index contributed by atoms with van der Waals surface area (Å²) >= 11 is 0. The number of anilines is 1. The van der Waals surface area contributed by atoms with Crippen molar-refractivity contribution in [3.8, 4) is 0 Å². The van der Waals surface area contributed by atoms with E-state index in [1.807, 2.05) is 0 Å². The number of carboxylic acid groups (broad SMARTS) is 1. The highest BCUT2D eigenvalue weighted by molar-refractivity contribution is 5.81. The molecule has 10 heteroatoms. The molecule has 1 aliphatic heterocycles. The number of primary amides is 1. The van der Waals surface area contributed by atoms with Gasteiger partial charge in [0.15, 0.2) is 0 Å². The molecule has 4 unspecified atom stereocenters. The van der Waals surface area contributed by atoms with E-state index in [0.29, 0.717) is 25.2 Å². The van der Waals surface area contributed by atoms with Gasteiger partial charge in [-0.1, -0.05) is 0 Å². The number of nitrogens with zero attached hydrogens (tertiary/aromatic N) is 2. The van der Waals surface area contributed by atoms with Crippen LogP contribution in [0.1, 0.15) is 44.1 Å². The molecule has 4 aliphatic carbocycles. The van der Waals surface area contributed by atoms with Gasteiger partial charge in [-0.15, -0.1) is 0 Å². The minimum absolute atomic E-state index is 0.00632. The number of halogens is 3. The van der Waals surface area contributed by atoms with Crippen LogP contribution in [0.25, 0.3) is 0 Å². The number of hydrogen-bond acceptors (Lipinski definition) is 4. The fourth-order valence-electron chi connectivity index (χ4n) is 7.52. The Hall–Kier alpha value is -2.52. The molecule has 0 radical (unpaired) electrons. The van der Waals surface area contributed by atoms with Gasteiger partial charge in [0.2, 0.25) is 5.91 Å². The van der Waals surface area contributed by atoms with Crippen LogP contribution in [-0.4, -0.2) is 45.6 Å². The van der Waals surface area contributed by atoms with Crippen LogP contribution in [0.15, 0.2) is 18.3 Å². The number of nitrogens with one attached hydrogen (secondary N) is 1. The molecule has 174 valence electrons. The van der Waals surface area contributed by atoms with Gasteiger partial charge in [0.25, 0.3) is 0 Å². The molecule has 6 rings (SSSR count). The maximum Gasteiger partial charge on any atom is 0.419 e. The van der Waals surface area contributed by atoms with Crippen molar-refractivity contribution in [3.63, 3.8) is 0 Å². The number of rotatable bonds is 4. The Kier molecular flexibility index (Phi) is 4.83. The number of alkyl halides is 3. The number of amides is 2. The van der Waals surface area contributed by atoms with E-state index >= 15 is 0 Å². The molecule has 1 aromatic heterocycles. The van der Waals surface area contributed by atoms with E-state index in [4.69, 9.17) is 5.73 Å². The predicted molar refractivity (Wildman–Crippen MR) is 108 cm³/mol. The van der Waals surface area contributed by atoms with E-state index in [0.717, 1.165) is 25.3 Å². The summed E-state index contributed by atoms with van der Waals surface area (Å²) in [4.78, 5) is 29.7. The first-order valence-electron chi connectivity index (χ1n) is 11.2. The smallest absolute Gasteiger partial charge is 0.419 e. The first kappa shape index (κ1) is 21.3. The van der Waals surface area contributed by atoms with Gasteiger partial charge in [-0.05, 0) is 74.3 Å². The molecule has 0 spiro atoms. The van der Waals surface area contributed by atoms with Crippen LogP contribution >= 0.6 is 0 Å². The maximum atomic E-state index is 13.5. The first-order valence-corrected chi connectivity index (χ1v) is 11.2. The average Bonchev–Trinajstić information content (AvgIpc) is 3.10. The molecule has 2 heterocycles. The molecule has 2 amide bonds. The van der Waals surface area contributed by atoms with Crippen molar-refractivity contribution in [1.29, 1.82) is 0 Å². The van der Waals surface area contributed by atoms with Crippen LogP contribution in [0.5, 0.6) is 0 Å². The number of carbonyl (C=O) groups excluding carboxylic acids is 1. The summed E-state index contributed by atoms with van der Waals surface area (Å²) in [5.41, 5.74) is 4.42. The predicted octanol–water partition coefficient (Wildman–Crippen LogP) is 3.56. The SMILES string of the molecule is NC(=O)[C@]12CC3CC(C1)C([C@H]1C(Nc4ncccc4C(F)(F)F)CCN1C(=O)O)[C@@H](C3)C2. The zero-order valence-corrected chi connectivity index (χ0v) is 17.5. The fourth-order valence-corrected chi connectivity index (χ4v) is 7.52. The van der Waals surface area contributed by atoms with Crippen molar-refractivity contribution in [2.45, 2.75) is 56.8 Å². The zero-order chi connectivity index (χ0) is 22.8. The molecule has 4 saturated carbocycles. The summed E-state index contributed by atoms with van der Waals surface area (Å²) in [6.07, 6.45) is 0.0283. The molecule has 5 aliphatic rings. The van der Waals surface area contributed by atoms with Gasteiger partial charge in [0, 0.05) is 18.2 Å². The maximum absolute atomic E-state index is 13.5. The summed E-state index contributed by atoms with van der Waals surface area (Å²) < 4.78 is 40.5. The van der Waals surface area contributed by atoms with Gasteiger partial charge < -0.3 is 21.1 Å². The highest BCUT2D eigenvalue weighted by atomic mass is 19.4. The van der Waals surface area contributed by atoms with E-state index in [1.54, 1.807) is 0 Å². The molecule has 7 atom stereocenters. The minimum atomic E-state index is -4.56. The van der Waals surface area contributed by atoms with E-state index in [2.05, 4.69) is 10.3 Å². The number of aromatic nitrogens is 1. The lowest BCUT2D eigenvalue weighted by atomic mass is 9.44. The topological polar surface area (TPSA) is 109 Å². The van der Waals surface area contributed by atoms with Crippen molar-refractivity contribution in [2.75, 3.05) is 11.9 Å². The highest BCUT2D eigenvalue weighted by Crippen LogP contribution is 2.63. The lowest BCUT2D eigenvalue weighted by molar-refractivity contribution is -0.154. The highest BCUT2D eigenvalue weighted by Gasteiger charge is 2.61. The Bertz CT molecular complexity index is 923. The molecule has 1 aromatic rings. The molecule has 7 nitrogen and oxygen atoms in total. The quantitative estimate of drug-likeness (QED) is 0.647. The van der Waals surface area contributed by atoms with Crippen LogP contribution < -0.4 is 11.1 Å². The third kappa shape index (κ3) is 3.29. The normalized spacial score (nSPS) is 38.2. The molecule has 4 bridgehead atoms. The Morgan fingerprint density at radius 2 is 1.91 bits per heavy atom. The number of pyridine rings is 1. The van der Waals surface area contributed by atoms with E-state index in [9.17, 15) is 27.9 Å². The second-order valence-electron chi connectivity index (χ2n) is 10.1. The molecular formula is C22H27F3N4O3. The fraction of sp³-hybridized carbons (Fsp3) is 0.682. The Morgan fingerprint density at radius 1 is 1.22 bits per heavy atom. The van der Waals surface area contributed by atoms with E-state index < -0.39 is 35.3 Å². The largest absolute Gasteiger partial charge is 0.465 e. The third-order valence-corrected chi connectivity index (χ3v) is 8.40. The van der Waals surface area contributed by atoms with E-state index in [1.165, 1.54) is 17.2 Å². The van der Waals surface area contributed by atoms with Gasteiger partial charge in [-0.2, -0.15) is 13.2 Å². The van der Waals surface area contributed by atoms with Crippen LogP contribution in [0.3, 0.4) is 0 Å². The Labute approximate surface area is 183 Å². The number of likely N-dealkylation sites (tertiary alicyclic amines) is 1. The van der Waals surface area contributed by atoms with Gasteiger partial charge in [-0.3, -0.25) is 4.79 Å². The molecule has 5 fully saturated rings. The molecule has 32 heavy (non-hydrogen) atoms. The third-order valence-electron chi connectivity index (χ3n) is 8.40. The minimum Gasteiger partial charge on any atom is -0.465 e. The lowest BCUT2D eigenvalue weighted by Gasteiger charge is -2.61. The average molecular weight is 452 g/mol. The van der Waals surface area contributed by atoms with Crippen molar-refractivity contribution < 1.29 is 27.9 Å². The molecule has 1 saturated heterocycles. The number of nitrogens with two attached hydrogens (primary N) is 1. The Balaban J connectivity index is 1.47. The number of hydrogen-bond donors (Lipinski definition) is 3. The van der Waals surface area contributed by atoms with Crippen molar-refractivity contribution in [2.24, 2.45) is 34.8 Å². The summed E-state index contributed by atoms with van der Waals surface area (Å²) in [5.74, 6) is 0.167. The van der Waals surface area contributed by atoms with Gasteiger partial charge in [0.1, 0.15) is 5.82 Å². The van der Waals surface area contributed by atoms with Gasteiger partial charge in [0.05, 0.1) is 17.6 Å². The second kappa shape index (κ2) is 7.25. The summed E-state index contributed by atoms with van der Waals surface area (Å²) in [5, 5.41) is 12.8. The van der Waals surface area contributed by atoms with Gasteiger partial charge in [-0.25, -0.2) is 9.78 Å². The van der Waals surface area contributed by atoms with Crippen LogP contribution in [0.2, 0.25) is 0 Å². The summed E-state index contributed by atoms with van der Waals surface area (Å²) in [6.45, 7) is 0.256. The van der Waals surface area contributed by atoms with Crippen LogP contribution in [0.4, 0.5) is 23.8 Å². The Morgan fingerprint density at radius 3 is 2.50 bits per heavy atom. The summed E-state index contributed by atoms with van der Waals surface area (Å²) in [6, 6.07) is 1.28. The second-order valence-corrected chi connectivity index (χ2v) is 10.1. The lowest BCUT2D eigenvalue weighted by Crippen LogP contribution is -2.61. The molecule has 4 N–H and O–H groups in total. The first-order chi connectivity index (χ1) is 15.1. The molecule has 0 aromatic carbocycles. The van der Waals surface area contributed by atoms with Crippen molar-refractivity contribution in [1.82, 2.24) is 9.88 Å². The van der Waals surface area contributed by atoms with Crippen LogP contribution in [-0.2, 0) is 11.0 Å². The van der Waals surface area contributed by atoms with Gasteiger partial charge >= 0.3 is 12.3 Å². The summed E-state index contributed by atoms with van der Waals surface area (Å²) in [7, 11) is 0. The standard InChI is InChI=1S/C22H27F3N4O3/c23-22(24,25)14-2-1-4-27-18(14)28-15-3-5-29(20(31)32)17(15)16-12-6-11-7-13(16)10-21(8-11,9-12)19(26)30/h1-2,4,11-13,15-17H,3,5-10H2,(H2,26,30)(H,27,28)(H,31,32)/t11?,12-,13?,15?,16?,17+,21-/m0/s1. The molecular weight excluding hydrogens is 425 g/mol. The van der Waals surface area contributed by atoms with E-state index in [-0.39, 0.29) is 36.0 Å². The van der Waals surface area contributed by atoms with Crippen molar-refractivity contribution in [3.05, 3.63) is 23.9 Å². The number of carbonyl (C=O) groups is 2. The monoisotopic (exact) mass is 452 g/mol. The van der Waals surface area contributed by atoms with Crippen LogP contribution in [0, 0.1) is 29.1 Å². The van der Waals surface area contributed by atoms with Crippen molar-refractivity contribution >= 4 is 17.8 Å². The zero-order valence-electron chi connectivity index (χ0n) is 17.5.